The van der Waals surface area contributed by atoms with Gasteiger partial charge in [-0.25, -0.2) is 0 Å². The molecule has 0 N–H and O–H groups in total. The Morgan fingerprint density at radius 2 is 1.93 bits per heavy atom. The van der Waals surface area contributed by atoms with Crippen LogP contribution in [0.5, 0.6) is 0 Å². The number of rotatable bonds is 3. The molecule has 0 aromatic heterocycles. The van der Waals surface area contributed by atoms with E-state index in [0.29, 0.717) is 5.56 Å². The van der Waals surface area contributed by atoms with Gasteiger partial charge in [-0.05, 0) is 24.3 Å². The molecule has 0 unspecified atom stereocenters. The molecule has 0 atom stereocenters. The van der Waals surface area contributed by atoms with Crippen molar-refractivity contribution in [3.05, 3.63) is 29.8 Å². The lowest BCUT2D eigenvalue weighted by atomic mass is 10.1. The summed E-state index contributed by atoms with van der Waals surface area (Å²) in [6.45, 7) is 0. The maximum Gasteiger partial charge on any atom is 0.176 e. The quantitative estimate of drug-likeness (QED) is 0.680. The topological polar surface area (TPSA) is 44.1 Å². The summed E-state index contributed by atoms with van der Waals surface area (Å²) in [7, 11) is 3.87. The third-order valence-electron chi connectivity index (χ3n) is 1.95. The standard InChI is InChI=1S/C11H12N2O/c1-13(2)10-5-3-9(4-6-10)11(14)7-8-12/h3-6H,7H2,1-2H3. The SMILES string of the molecule is CN(C)c1ccc(C(=O)CC#N)cc1. The van der Waals surface area contributed by atoms with Gasteiger partial charge >= 0.3 is 0 Å². The Balaban J connectivity index is 2.84. The normalized spacial score (nSPS) is 9.21. The number of nitrogens with zero attached hydrogens (tertiary/aromatic N) is 2. The molecular formula is C11H12N2O. The molecule has 0 aliphatic heterocycles. The van der Waals surface area contributed by atoms with Crippen molar-refractivity contribution in [3.8, 4) is 6.07 Å². The summed E-state index contributed by atoms with van der Waals surface area (Å²) in [5.41, 5.74) is 1.63. The molecule has 72 valence electrons. The highest BCUT2D eigenvalue weighted by Crippen LogP contribution is 2.13. The zero-order valence-electron chi connectivity index (χ0n) is 8.32. The van der Waals surface area contributed by atoms with E-state index in [1.807, 2.05) is 37.2 Å². The number of ketones is 1. The lowest BCUT2D eigenvalue weighted by Gasteiger charge is -2.11. The monoisotopic (exact) mass is 188 g/mol. The fourth-order valence-corrected chi connectivity index (χ4v) is 1.12. The molecule has 0 saturated carbocycles. The molecule has 0 radical (unpaired) electrons. The van der Waals surface area contributed by atoms with Crippen LogP contribution in [0.2, 0.25) is 0 Å². The summed E-state index contributed by atoms with van der Waals surface area (Å²) in [5, 5.41) is 8.36. The summed E-state index contributed by atoms with van der Waals surface area (Å²) < 4.78 is 0. The van der Waals surface area contributed by atoms with Gasteiger partial charge in [0.15, 0.2) is 5.78 Å². The number of anilines is 1. The summed E-state index contributed by atoms with van der Waals surface area (Å²) in [4.78, 5) is 13.2. The van der Waals surface area contributed by atoms with Gasteiger partial charge in [-0.1, -0.05) is 0 Å². The largest absolute Gasteiger partial charge is 0.378 e. The Hall–Kier alpha value is -1.82. The average Bonchev–Trinajstić information content (AvgIpc) is 2.18. The van der Waals surface area contributed by atoms with Crippen molar-refractivity contribution in [2.75, 3.05) is 19.0 Å². The Morgan fingerprint density at radius 1 is 1.36 bits per heavy atom. The molecule has 0 fully saturated rings. The molecule has 14 heavy (non-hydrogen) atoms. The first-order valence-electron chi connectivity index (χ1n) is 4.32. The van der Waals surface area contributed by atoms with Crippen LogP contribution in [0.25, 0.3) is 0 Å². The number of benzene rings is 1. The highest BCUT2D eigenvalue weighted by Gasteiger charge is 2.04. The van der Waals surface area contributed by atoms with Crippen LogP contribution in [0.1, 0.15) is 16.8 Å². The maximum atomic E-state index is 11.3. The van der Waals surface area contributed by atoms with E-state index in [-0.39, 0.29) is 12.2 Å². The maximum absolute atomic E-state index is 11.3. The molecule has 0 aliphatic rings. The van der Waals surface area contributed by atoms with Gasteiger partial charge in [0, 0.05) is 25.3 Å². The third-order valence-corrected chi connectivity index (χ3v) is 1.95. The second kappa shape index (κ2) is 4.43. The van der Waals surface area contributed by atoms with Crippen LogP contribution in [-0.2, 0) is 0 Å². The van der Waals surface area contributed by atoms with Crippen molar-refractivity contribution >= 4 is 11.5 Å². The highest BCUT2D eigenvalue weighted by molar-refractivity contribution is 5.97. The van der Waals surface area contributed by atoms with Crippen molar-refractivity contribution in [2.24, 2.45) is 0 Å². The van der Waals surface area contributed by atoms with E-state index in [2.05, 4.69) is 0 Å². The number of Topliss-reactive ketones (excluding diaryl/α,β-unsaturated/α-hetero) is 1. The van der Waals surface area contributed by atoms with Crippen LogP contribution in [-0.4, -0.2) is 19.9 Å². The summed E-state index contributed by atoms with van der Waals surface area (Å²) in [5.74, 6) is -0.127. The molecule has 0 bridgehead atoms. The molecule has 0 amide bonds. The van der Waals surface area contributed by atoms with Gasteiger partial charge in [-0.15, -0.1) is 0 Å². The fourth-order valence-electron chi connectivity index (χ4n) is 1.12. The number of carbonyl (C=O) groups is 1. The first kappa shape index (κ1) is 10.3. The average molecular weight is 188 g/mol. The second-order valence-electron chi connectivity index (χ2n) is 3.20. The molecular weight excluding hydrogens is 176 g/mol. The fraction of sp³-hybridized carbons (Fsp3) is 0.273. The molecule has 1 aromatic rings. The van der Waals surface area contributed by atoms with E-state index in [0.717, 1.165) is 5.69 Å². The van der Waals surface area contributed by atoms with Gasteiger partial charge in [0.05, 0.1) is 12.5 Å². The van der Waals surface area contributed by atoms with Crippen molar-refractivity contribution in [1.29, 1.82) is 5.26 Å². The van der Waals surface area contributed by atoms with E-state index in [1.54, 1.807) is 12.1 Å². The first-order valence-corrected chi connectivity index (χ1v) is 4.32. The molecule has 0 aliphatic carbocycles. The van der Waals surface area contributed by atoms with Gasteiger partial charge in [-0.3, -0.25) is 4.79 Å². The van der Waals surface area contributed by atoms with Gasteiger partial charge < -0.3 is 4.90 Å². The highest BCUT2D eigenvalue weighted by atomic mass is 16.1. The molecule has 3 nitrogen and oxygen atoms in total. The second-order valence-corrected chi connectivity index (χ2v) is 3.20. The lowest BCUT2D eigenvalue weighted by molar-refractivity contribution is 0.0998. The lowest BCUT2D eigenvalue weighted by Crippen LogP contribution is -2.08. The number of hydrogen-bond acceptors (Lipinski definition) is 3. The smallest absolute Gasteiger partial charge is 0.176 e. The summed E-state index contributed by atoms with van der Waals surface area (Å²) in [6.07, 6.45) is -0.0543. The van der Waals surface area contributed by atoms with E-state index >= 15 is 0 Å². The molecule has 1 aromatic carbocycles. The molecule has 0 spiro atoms. The van der Waals surface area contributed by atoms with Crippen LogP contribution in [0.4, 0.5) is 5.69 Å². The van der Waals surface area contributed by atoms with Crippen LogP contribution in [0, 0.1) is 11.3 Å². The third kappa shape index (κ3) is 2.33. The van der Waals surface area contributed by atoms with Crippen LogP contribution >= 0.6 is 0 Å². The Bertz CT molecular complexity index is 360. The molecule has 3 heteroatoms. The van der Waals surface area contributed by atoms with E-state index in [4.69, 9.17) is 5.26 Å². The minimum Gasteiger partial charge on any atom is -0.378 e. The minimum atomic E-state index is -0.127. The number of nitriles is 1. The van der Waals surface area contributed by atoms with Crippen molar-refractivity contribution in [2.45, 2.75) is 6.42 Å². The van der Waals surface area contributed by atoms with Crippen molar-refractivity contribution in [1.82, 2.24) is 0 Å². The zero-order chi connectivity index (χ0) is 10.6. The summed E-state index contributed by atoms with van der Waals surface area (Å²) >= 11 is 0. The van der Waals surface area contributed by atoms with Crippen LogP contribution < -0.4 is 4.90 Å². The number of hydrogen-bond donors (Lipinski definition) is 0. The van der Waals surface area contributed by atoms with Gasteiger partial charge in [0.25, 0.3) is 0 Å². The van der Waals surface area contributed by atoms with Gasteiger partial charge in [0.1, 0.15) is 0 Å². The van der Waals surface area contributed by atoms with Crippen molar-refractivity contribution in [3.63, 3.8) is 0 Å². The van der Waals surface area contributed by atoms with E-state index in [1.165, 1.54) is 0 Å². The van der Waals surface area contributed by atoms with Crippen LogP contribution in [0.3, 0.4) is 0 Å². The summed E-state index contributed by atoms with van der Waals surface area (Å²) in [6, 6.07) is 9.06. The molecule has 1 rings (SSSR count). The number of carbonyl (C=O) groups excluding carboxylic acids is 1. The Kier molecular flexibility index (Phi) is 3.24. The predicted molar refractivity (Wildman–Crippen MR) is 55.3 cm³/mol. The minimum absolute atomic E-state index is 0.0543. The van der Waals surface area contributed by atoms with E-state index < -0.39 is 0 Å². The first-order chi connectivity index (χ1) is 6.65. The zero-order valence-corrected chi connectivity index (χ0v) is 8.32. The van der Waals surface area contributed by atoms with E-state index in [9.17, 15) is 4.79 Å². The Labute approximate surface area is 83.6 Å². The van der Waals surface area contributed by atoms with Gasteiger partial charge in [0.2, 0.25) is 0 Å². The molecule has 0 saturated heterocycles. The van der Waals surface area contributed by atoms with Gasteiger partial charge in [-0.2, -0.15) is 5.26 Å². The van der Waals surface area contributed by atoms with Crippen LogP contribution in [0.15, 0.2) is 24.3 Å². The predicted octanol–water partition coefficient (Wildman–Crippen LogP) is 1.85. The Morgan fingerprint density at radius 3 is 2.36 bits per heavy atom. The van der Waals surface area contributed by atoms with Crippen molar-refractivity contribution < 1.29 is 4.79 Å². The molecule has 0 heterocycles.